The minimum absolute atomic E-state index is 0.0463. The molecular formula is C21H16F3N5O3. The molecule has 0 saturated heterocycles. The van der Waals surface area contributed by atoms with E-state index in [-0.39, 0.29) is 23.3 Å². The Morgan fingerprint density at radius 2 is 1.69 bits per heavy atom. The molecule has 4 aromatic rings. The molecule has 2 aromatic heterocycles. The van der Waals surface area contributed by atoms with Gasteiger partial charge < -0.3 is 5.32 Å². The summed E-state index contributed by atoms with van der Waals surface area (Å²) in [7, 11) is 1.55. The van der Waals surface area contributed by atoms with E-state index >= 15 is 0 Å². The molecule has 0 saturated carbocycles. The van der Waals surface area contributed by atoms with Crippen LogP contribution < -0.4 is 16.6 Å². The summed E-state index contributed by atoms with van der Waals surface area (Å²) >= 11 is 0. The van der Waals surface area contributed by atoms with E-state index in [1.54, 1.807) is 7.05 Å². The Morgan fingerprint density at radius 3 is 2.38 bits per heavy atom. The number of nitrogens with zero attached hydrogens (tertiary/aromatic N) is 4. The molecule has 0 atom stereocenters. The maximum Gasteiger partial charge on any atom is 0.332 e. The van der Waals surface area contributed by atoms with Crippen LogP contribution in [0.3, 0.4) is 0 Å². The molecule has 4 rings (SSSR count). The molecule has 0 spiro atoms. The monoisotopic (exact) mass is 443 g/mol. The number of amides is 1. The zero-order chi connectivity index (χ0) is 23.0. The van der Waals surface area contributed by atoms with Crippen molar-refractivity contribution in [1.29, 1.82) is 0 Å². The fourth-order valence-electron chi connectivity index (χ4n) is 3.28. The summed E-state index contributed by atoms with van der Waals surface area (Å²) in [5.74, 6) is -3.02. The van der Waals surface area contributed by atoms with Crippen LogP contribution in [0.4, 0.5) is 18.9 Å². The number of hydrogen-bond acceptors (Lipinski definition) is 4. The minimum atomic E-state index is -0.974. The van der Waals surface area contributed by atoms with Crippen molar-refractivity contribution in [3.05, 3.63) is 92.5 Å². The number of hydrogen-bond donors (Lipinski definition) is 1. The predicted octanol–water partition coefficient (Wildman–Crippen LogP) is 2.00. The van der Waals surface area contributed by atoms with Crippen LogP contribution in [0.2, 0.25) is 0 Å². The molecule has 1 amide bonds. The Morgan fingerprint density at radius 1 is 1.00 bits per heavy atom. The van der Waals surface area contributed by atoms with Crippen molar-refractivity contribution < 1.29 is 18.0 Å². The first kappa shape index (κ1) is 21.1. The number of benzene rings is 2. The minimum Gasteiger partial charge on any atom is -0.322 e. The highest BCUT2D eigenvalue weighted by atomic mass is 19.1. The van der Waals surface area contributed by atoms with Crippen molar-refractivity contribution in [2.75, 3.05) is 5.32 Å². The van der Waals surface area contributed by atoms with Crippen LogP contribution in [-0.4, -0.2) is 24.8 Å². The average molecular weight is 443 g/mol. The molecular weight excluding hydrogens is 427 g/mol. The molecule has 0 aliphatic rings. The number of carbonyl (C=O) groups excluding carboxylic acids is 1. The highest BCUT2D eigenvalue weighted by Gasteiger charge is 2.19. The van der Waals surface area contributed by atoms with E-state index in [1.165, 1.54) is 35.1 Å². The molecule has 0 aliphatic heterocycles. The fraction of sp³-hybridized carbons (Fsp3) is 0.143. The maximum absolute atomic E-state index is 13.9. The van der Waals surface area contributed by atoms with E-state index in [9.17, 15) is 27.6 Å². The fourth-order valence-corrected chi connectivity index (χ4v) is 3.28. The second kappa shape index (κ2) is 8.17. The zero-order valence-electron chi connectivity index (χ0n) is 16.7. The van der Waals surface area contributed by atoms with E-state index in [0.717, 1.165) is 21.3 Å². The van der Waals surface area contributed by atoms with Gasteiger partial charge in [0.25, 0.3) is 5.56 Å². The van der Waals surface area contributed by atoms with Crippen molar-refractivity contribution >= 4 is 22.6 Å². The maximum atomic E-state index is 13.9. The van der Waals surface area contributed by atoms with Gasteiger partial charge in [-0.3, -0.25) is 23.4 Å². The Kier molecular flexibility index (Phi) is 5.39. The first-order valence-electron chi connectivity index (χ1n) is 9.39. The third-order valence-electron chi connectivity index (χ3n) is 4.77. The highest BCUT2D eigenvalue weighted by molar-refractivity contribution is 5.91. The summed E-state index contributed by atoms with van der Waals surface area (Å²) in [6.45, 7) is -0.722. The lowest BCUT2D eigenvalue weighted by Gasteiger charge is -2.12. The SMILES string of the molecule is Cn1cc2c(n1)c(=O)n(Cc1ccc(F)cc1)c(=O)n2CC(=O)Nc1ccc(F)cc1F. The number of nitrogens with one attached hydrogen (secondary N) is 1. The first-order valence-corrected chi connectivity index (χ1v) is 9.39. The van der Waals surface area contributed by atoms with Crippen molar-refractivity contribution in [3.63, 3.8) is 0 Å². The lowest BCUT2D eigenvalue weighted by atomic mass is 10.2. The molecule has 11 heteroatoms. The van der Waals surface area contributed by atoms with Crippen LogP contribution in [0, 0.1) is 17.5 Å². The van der Waals surface area contributed by atoms with Gasteiger partial charge in [0.1, 0.15) is 24.0 Å². The quantitative estimate of drug-likeness (QED) is 0.511. The molecule has 32 heavy (non-hydrogen) atoms. The number of carbonyl (C=O) groups is 1. The Hall–Kier alpha value is -4.15. The van der Waals surface area contributed by atoms with Gasteiger partial charge in [0.15, 0.2) is 5.52 Å². The second-order valence-corrected chi connectivity index (χ2v) is 7.10. The Labute approximate surface area is 178 Å². The Bertz CT molecular complexity index is 1450. The summed E-state index contributed by atoms with van der Waals surface area (Å²) < 4.78 is 43.4. The predicted molar refractivity (Wildman–Crippen MR) is 110 cm³/mol. The largest absolute Gasteiger partial charge is 0.332 e. The third kappa shape index (κ3) is 4.04. The molecule has 2 heterocycles. The molecule has 0 bridgehead atoms. The summed E-state index contributed by atoms with van der Waals surface area (Å²) in [5, 5.41) is 6.35. The number of rotatable bonds is 5. The molecule has 0 radical (unpaired) electrons. The van der Waals surface area contributed by atoms with E-state index in [4.69, 9.17) is 0 Å². The van der Waals surface area contributed by atoms with E-state index < -0.39 is 41.2 Å². The van der Waals surface area contributed by atoms with E-state index in [2.05, 4.69) is 10.4 Å². The van der Waals surface area contributed by atoms with Gasteiger partial charge in [0.2, 0.25) is 5.91 Å². The van der Waals surface area contributed by atoms with Crippen LogP contribution in [0.15, 0.2) is 58.3 Å². The number of aromatic nitrogens is 4. The molecule has 2 aromatic carbocycles. The van der Waals surface area contributed by atoms with Crippen LogP contribution in [0.5, 0.6) is 0 Å². The second-order valence-electron chi connectivity index (χ2n) is 7.10. The number of aryl methyl sites for hydroxylation is 1. The van der Waals surface area contributed by atoms with E-state index in [0.29, 0.717) is 11.6 Å². The Balaban J connectivity index is 1.74. The average Bonchev–Trinajstić information content (AvgIpc) is 3.14. The van der Waals surface area contributed by atoms with Gasteiger partial charge in [0.05, 0.1) is 17.7 Å². The van der Waals surface area contributed by atoms with Crippen LogP contribution >= 0.6 is 0 Å². The van der Waals surface area contributed by atoms with Crippen molar-refractivity contribution in [2.45, 2.75) is 13.1 Å². The van der Waals surface area contributed by atoms with E-state index in [1.807, 2.05) is 0 Å². The van der Waals surface area contributed by atoms with Crippen molar-refractivity contribution in [3.8, 4) is 0 Å². The number of halogens is 3. The van der Waals surface area contributed by atoms with Crippen molar-refractivity contribution in [1.82, 2.24) is 18.9 Å². The standard InChI is InChI=1S/C21H16F3N5O3/c1-27-10-17-19(26-27)20(31)29(9-12-2-4-13(22)5-3-12)21(32)28(17)11-18(30)25-16-7-6-14(23)8-15(16)24/h2-8,10H,9,11H2,1H3,(H,25,30). The normalized spacial score (nSPS) is 11.1. The van der Waals surface area contributed by atoms with Gasteiger partial charge >= 0.3 is 5.69 Å². The van der Waals surface area contributed by atoms with Crippen LogP contribution in [0.25, 0.3) is 11.0 Å². The molecule has 0 aliphatic carbocycles. The lowest BCUT2D eigenvalue weighted by molar-refractivity contribution is -0.116. The van der Waals surface area contributed by atoms with Gasteiger partial charge in [-0.15, -0.1) is 0 Å². The molecule has 0 unspecified atom stereocenters. The van der Waals surface area contributed by atoms with Crippen LogP contribution in [-0.2, 0) is 24.9 Å². The van der Waals surface area contributed by atoms with Gasteiger partial charge in [-0.2, -0.15) is 5.10 Å². The number of anilines is 1. The zero-order valence-corrected chi connectivity index (χ0v) is 16.7. The summed E-state index contributed by atoms with van der Waals surface area (Å²) in [6.07, 6.45) is 1.41. The van der Waals surface area contributed by atoms with Crippen LogP contribution in [0.1, 0.15) is 5.56 Å². The van der Waals surface area contributed by atoms with Gasteiger partial charge in [-0.25, -0.2) is 18.0 Å². The smallest absolute Gasteiger partial charge is 0.322 e. The highest BCUT2D eigenvalue weighted by Crippen LogP contribution is 2.15. The lowest BCUT2D eigenvalue weighted by Crippen LogP contribution is -2.41. The van der Waals surface area contributed by atoms with Gasteiger partial charge in [-0.05, 0) is 29.8 Å². The topological polar surface area (TPSA) is 90.9 Å². The molecule has 0 fully saturated rings. The van der Waals surface area contributed by atoms with Crippen molar-refractivity contribution in [2.24, 2.45) is 7.05 Å². The third-order valence-corrected chi connectivity index (χ3v) is 4.77. The molecule has 8 nitrogen and oxygen atoms in total. The first-order chi connectivity index (χ1) is 15.2. The summed E-state index contributed by atoms with van der Waals surface area (Å²) in [6, 6.07) is 7.90. The van der Waals surface area contributed by atoms with Gasteiger partial charge in [0, 0.05) is 19.3 Å². The summed E-state index contributed by atoms with van der Waals surface area (Å²) in [4.78, 5) is 38.5. The number of fused-ring (bicyclic) bond motifs is 1. The molecule has 1 N–H and O–H groups in total. The summed E-state index contributed by atoms with van der Waals surface area (Å²) in [5.41, 5.74) is -1.16. The molecule has 164 valence electrons. The van der Waals surface area contributed by atoms with Gasteiger partial charge in [-0.1, -0.05) is 12.1 Å².